The predicted octanol–water partition coefficient (Wildman–Crippen LogP) is 5.81. The summed E-state index contributed by atoms with van der Waals surface area (Å²) in [5, 5.41) is 5.44. The normalized spacial score (nSPS) is 18.9. The van der Waals surface area contributed by atoms with Gasteiger partial charge in [0, 0.05) is 36.0 Å². The van der Waals surface area contributed by atoms with Gasteiger partial charge in [0.25, 0.3) is 0 Å². The van der Waals surface area contributed by atoms with Gasteiger partial charge in [0.1, 0.15) is 12.0 Å². The van der Waals surface area contributed by atoms with Crippen LogP contribution >= 0.6 is 23.4 Å². The Kier molecular flexibility index (Phi) is 8.01. The Labute approximate surface area is 225 Å². The number of thioether (sulfide) groups is 1. The first-order valence-corrected chi connectivity index (χ1v) is 13.8. The van der Waals surface area contributed by atoms with E-state index in [9.17, 15) is 22.2 Å². The second kappa shape index (κ2) is 10.7. The largest absolute Gasteiger partial charge is 0.491 e. The average Bonchev–Trinajstić information content (AvgIpc) is 3.47. The van der Waals surface area contributed by atoms with E-state index in [1.165, 1.54) is 17.0 Å². The van der Waals surface area contributed by atoms with Crippen molar-refractivity contribution in [2.24, 2.45) is 0 Å². The number of carbonyl (C=O) groups is 1. The number of carbonyl (C=O) groups excluding carboxylic acids is 1. The summed E-state index contributed by atoms with van der Waals surface area (Å²) in [5.74, 6) is 0. The summed E-state index contributed by atoms with van der Waals surface area (Å²) >= 11 is 8.06. The van der Waals surface area contributed by atoms with Crippen LogP contribution in [-0.2, 0) is 21.1 Å². The van der Waals surface area contributed by atoms with Crippen LogP contribution in [0, 0.1) is 0 Å². The summed E-state index contributed by atoms with van der Waals surface area (Å²) in [7, 11) is -3.34. The molecule has 7 nitrogen and oxygen atoms in total. The minimum Gasteiger partial charge on any atom is -0.448 e. The van der Waals surface area contributed by atoms with Gasteiger partial charge in [-0.05, 0) is 41.3 Å². The van der Waals surface area contributed by atoms with E-state index >= 15 is 0 Å². The van der Waals surface area contributed by atoms with E-state index in [-0.39, 0.29) is 47.7 Å². The maximum Gasteiger partial charge on any atom is 0.491 e. The molecule has 1 saturated heterocycles. The summed E-state index contributed by atoms with van der Waals surface area (Å²) in [6, 6.07) is 8.37. The fraction of sp³-hybridized carbons (Fsp3) is 0.417. The lowest BCUT2D eigenvalue weighted by Gasteiger charge is -2.26. The molecule has 2 aromatic rings. The molecule has 0 spiro atoms. The van der Waals surface area contributed by atoms with Crippen molar-refractivity contribution in [1.82, 2.24) is 15.2 Å². The van der Waals surface area contributed by atoms with Gasteiger partial charge in [-0.3, -0.25) is 9.29 Å². The van der Waals surface area contributed by atoms with Gasteiger partial charge in [0.05, 0.1) is 23.0 Å². The monoisotopic (exact) mass is 574 g/mol. The van der Waals surface area contributed by atoms with Gasteiger partial charge in [-0.1, -0.05) is 32.4 Å². The molecule has 4 rings (SSSR count). The Morgan fingerprint density at radius 2 is 2.03 bits per heavy atom. The first-order chi connectivity index (χ1) is 17.3. The molecule has 200 valence electrons. The number of anilines is 1. The Balaban J connectivity index is 1.52. The van der Waals surface area contributed by atoms with Crippen molar-refractivity contribution >= 4 is 51.8 Å². The Morgan fingerprint density at radius 1 is 1.27 bits per heavy atom. The van der Waals surface area contributed by atoms with Crippen LogP contribution in [0.1, 0.15) is 43.0 Å². The smallest absolute Gasteiger partial charge is 0.448 e. The topological polar surface area (TPSA) is 74.8 Å². The van der Waals surface area contributed by atoms with E-state index in [4.69, 9.17) is 16.3 Å². The molecule has 1 aromatic carbocycles. The molecule has 2 atom stereocenters. The molecule has 0 aliphatic carbocycles. The molecular weight excluding hydrogens is 549 g/mol. The fourth-order valence-corrected chi connectivity index (χ4v) is 5.86. The third-order valence-electron chi connectivity index (χ3n) is 5.81. The quantitative estimate of drug-likeness (QED) is 0.450. The standard InChI is InChI=1S/C24H26ClF3N4O3S2/c1-23(2,3)20-12-15(6-7-29-20)21-30-19(14-36-21)17-5-4-16(13-18(17)25)32(37(34)24(26,27)28)9-8-31-10-11-35-22(31)33/h4-7,12-14,21,30H,8-11H2,1-3H3. The zero-order chi connectivity index (χ0) is 27.0. The lowest BCUT2D eigenvalue weighted by Crippen LogP contribution is -2.41. The minimum atomic E-state index is -4.98. The Morgan fingerprint density at radius 3 is 2.65 bits per heavy atom. The lowest BCUT2D eigenvalue weighted by molar-refractivity contribution is -0.0386. The number of halogens is 4. The Bertz CT molecular complexity index is 1240. The molecule has 1 N–H and O–H groups in total. The SMILES string of the molecule is CC(C)(C)c1cc(C2NC(c3ccc(N(CCN4CCOC4=O)S(=O)C(F)(F)F)cc3Cl)=CS2)ccn1. The molecule has 3 heterocycles. The number of aromatic nitrogens is 1. The number of alkyl halides is 3. The van der Waals surface area contributed by atoms with E-state index in [0.29, 0.717) is 9.87 Å². The first-order valence-electron chi connectivity index (χ1n) is 11.4. The number of cyclic esters (lactones) is 1. The van der Waals surface area contributed by atoms with Crippen molar-refractivity contribution in [3.05, 3.63) is 63.8 Å². The number of amides is 1. The van der Waals surface area contributed by atoms with Crippen molar-refractivity contribution in [2.75, 3.05) is 30.5 Å². The molecule has 1 fully saturated rings. The molecule has 0 saturated carbocycles. The van der Waals surface area contributed by atoms with Gasteiger partial charge in [-0.2, -0.15) is 13.2 Å². The zero-order valence-electron chi connectivity index (χ0n) is 20.3. The van der Waals surface area contributed by atoms with E-state index < -0.39 is 22.6 Å². The molecule has 2 unspecified atom stereocenters. The molecule has 0 radical (unpaired) electrons. The van der Waals surface area contributed by atoms with Crippen LogP contribution in [0.4, 0.5) is 23.7 Å². The first kappa shape index (κ1) is 27.6. The zero-order valence-corrected chi connectivity index (χ0v) is 22.7. The second-order valence-corrected chi connectivity index (χ2v) is 12.3. The van der Waals surface area contributed by atoms with E-state index in [1.807, 2.05) is 17.5 Å². The highest BCUT2D eigenvalue weighted by Crippen LogP contribution is 2.41. The third kappa shape index (κ3) is 6.35. The van der Waals surface area contributed by atoms with E-state index in [0.717, 1.165) is 17.0 Å². The molecule has 2 aliphatic rings. The lowest BCUT2D eigenvalue weighted by atomic mass is 9.91. The molecule has 1 amide bonds. The number of nitrogens with one attached hydrogen (secondary N) is 1. The van der Waals surface area contributed by atoms with Crippen LogP contribution in [0.25, 0.3) is 5.70 Å². The molecule has 0 bridgehead atoms. The summed E-state index contributed by atoms with van der Waals surface area (Å²) in [5.41, 5.74) is -1.73. The van der Waals surface area contributed by atoms with Crippen LogP contribution < -0.4 is 9.62 Å². The van der Waals surface area contributed by atoms with Gasteiger partial charge >= 0.3 is 11.6 Å². The molecule has 13 heteroatoms. The predicted molar refractivity (Wildman–Crippen MR) is 140 cm³/mol. The van der Waals surface area contributed by atoms with Crippen molar-refractivity contribution in [3.8, 4) is 0 Å². The number of ether oxygens (including phenoxy) is 1. The van der Waals surface area contributed by atoms with E-state index in [2.05, 4.69) is 31.1 Å². The third-order valence-corrected chi connectivity index (χ3v) is 8.35. The van der Waals surface area contributed by atoms with Crippen molar-refractivity contribution < 1.29 is 26.9 Å². The van der Waals surface area contributed by atoms with Crippen LogP contribution in [-0.4, -0.2) is 51.9 Å². The number of rotatable bonds is 7. The molecular formula is C24H26ClF3N4O3S2. The minimum absolute atomic E-state index is 0.0312. The summed E-state index contributed by atoms with van der Waals surface area (Å²) in [4.78, 5) is 17.4. The number of benzene rings is 1. The Hall–Kier alpha value is -2.44. The van der Waals surface area contributed by atoms with Crippen molar-refractivity contribution in [3.63, 3.8) is 0 Å². The average molecular weight is 575 g/mol. The maximum atomic E-state index is 13.4. The van der Waals surface area contributed by atoms with Crippen LogP contribution in [0.3, 0.4) is 0 Å². The van der Waals surface area contributed by atoms with Crippen LogP contribution in [0.5, 0.6) is 0 Å². The summed E-state index contributed by atoms with van der Waals surface area (Å²) in [6.45, 7) is 6.31. The molecule has 2 aliphatic heterocycles. The van der Waals surface area contributed by atoms with Crippen LogP contribution in [0.15, 0.2) is 41.9 Å². The second-order valence-electron chi connectivity index (χ2n) is 9.48. The van der Waals surface area contributed by atoms with Crippen molar-refractivity contribution in [2.45, 2.75) is 37.1 Å². The van der Waals surface area contributed by atoms with E-state index in [1.54, 1.807) is 24.0 Å². The van der Waals surface area contributed by atoms with Gasteiger partial charge in [0.15, 0.2) is 0 Å². The van der Waals surface area contributed by atoms with Gasteiger partial charge < -0.3 is 15.0 Å². The molecule has 1 aromatic heterocycles. The summed E-state index contributed by atoms with van der Waals surface area (Å²) in [6.07, 6.45) is 1.16. The van der Waals surface area contributed by atoms with Gasteiger partial charge in [-0.15, -0.1) is 11.8 Å². The summed E-state index contributed by atoms with van der Waals surface area (Å²) < 4.78 is 58.0. The fourth-order valence-electron chi connectivity index (χ4n) is 3.82. The van der Waals surface area contributed by atoms with Gasteiger partial charge in [0.2, 0.25) is 11.0 Å². The van der Waals surface area contributed by atoms with Crippen molar-refractivity contribution in [1.29, 1.82) is 0 Å². The van der Waals surface area contributed by atoms with Crippen LogP contribution in [0.2, 0.25) is 5.02 Å². The molecule has 37 heavy (non-hydrogen) atoms. The highest BCUT2D eigenvalue weighted by molar-refractivity contribution is 8.02. The van der Waals surface area contributed by atoms with Gasteiger partial charge in [-0.25, -0.2) is 9.00 Å². The highest BCUT2D eigenvalue weighted by Gasteiger charge is 2.42. The number of nitrogens with zero attached hydrogens (tertiary/aromatic N) is 3. The highest BCUT2D eigenvalue weighted by atomic mass is 35.5. The number of hydrogen-bond donors (Lipinski definition) is 1. The maximum absolute atomic E-state index is 13.4. The number of pyridine rings is 1. The number of hydrogen-bond acceptors (Lipinski definition) is 6.